The summed E-state index contributed by atoms with van der Waals surface area (Å²) in [4.78, 5) is 46.5. The van der Waals surface area contributed by atoms with Crippen LogP contribution in [0.2, 0.25) is 0 Å². The average molecular weight is 476 g/mol. The number of rotatable bonds is 13. The Morgan fingerprint density at radius 3 is 2.32 bits per heavy atom. The van der Waals surface area contributed by atoms with Gasteiger partial charge in [-0.25, -0.2) is 0 Å². The fraction of sp³-hybridized carbons (Fsp3) is 0.731. The van der Waals surface area contributed by atoms with Gasteiger partial charge in [0.15, 0.2) is 0 Å². The van der Waals surface area contributed by atoms with Crippen LogP contribution in [0.25, 0.3) is 0 Å². The molecule has 190 valence electrons. The van der Waals surface area contributed by atoms with Crippen molar-refractivity contribution in [2.24, 2.45) is 11.8 Å². The van der Waals surface area contributed by atoms with E-state index in [1.807, 2.05) is 13.8 Å². The van der Waals surface area contributed by atoms with Gasteiger partial charge in [-0.1, -0.05) is 32.4 Å². The highest BCUT2D eigenvalue weighted by Gasteiger charge is 2.78. The van der Waals surface area contributed by atoms with Gasteiger partial charge in [-0.2, -0.15) is 0 Å². The first kappa shape index (κ1) is 26.4. The molecule has 0 aromatic heterocycles. The number of nitrogens with zero attached hydrogens (tertiary/aromatic N) is 3. The molecule has 8 heteroatoms. The predicted octanol–water partition coefficient (Wildman–Crippen LogP) is 1.98. The first-order chi connectivity index (χ1) is 16.3. The van der Waals surface area contributed by atoms with Crippen LogP contribution in [0, 0.1) is 11.8 Å². The van der Waals surface area contributed by atoms with E-state index in [1.165, 1.54) is 4.90 Å². The van der Waals surface area contributed by atoms with Crippen LogP contribution in [-0.2, 0) is 19.1 Å². The monoisotopic (exact) mass is 475 g/mol. The zero-order valence-corrected chi connectivity index (χ0v) is 21.0. The summed E-state index contributed by atoms with van der Waals surface area (Å²) in [5.41, 5.74) is -1.86. The Balaban J connectivity index is 2.04. The summed E-state index contributed by atoms with van der Waals surface area (Å²) in [5, 5.41) is 9.75. The quantitative estimate of drug-likeness (QED) is 0.412. The van der Waals surface area contributed by atoms with Gasteiger partial charge in [0.05, 0.1) is 24.0 Å². The number of ether oxygens (including phenoxy) is 1. The van der Waals surface area contributed by atoms with Crippen LogP contribution in [0.4, 0.5) is 0 Å². The smallest absolute Gasteiger partial charge is 0.248 e. The van der Waals surface area contributed by atoms with Crippen LogP contribution in [-0.4, -0.2) is 94.1 Å². The van der Waals surface area contributed by atoms with E-state index < -0.39 is 29.1 Å². The highest BCUT2D eigenvalue weighted by atomic mass is 16.5. The third-order valence-corrected chi connectivity index (χ3v) is 7.71. The highest BCUT2D eigenvalue weighted by molar-refractivity contribution is 5.99. The van der Waals surface area contributed by atoms with Crippen LogP contribution >= 0.6 is 0 Å². The second-order valence-corrected chi connectivity index (χ2v) is 9.98. The van der Waals surface area contributed by atoms with E-state index in [1.54, 1.807) is 22.0 Å². The third-order valence-electron chi connectivity index (χ3n) is 7.71. The van der Waals surface area contributed by atoms with E-state index in [0.29, 0.717) is 39.0 Å². The topological polar surface area (TPSA) is 90.4 Å². The molecule has 1 N–H and O–H groups in total. The van der Waals surface area contributed by atoms with Crippen LogP contribution < -0.4 is 0 Å². The molecule has 3 fully saturated rings. The van der Waals surface area contributed by atoms with Crippen molar-refractivity contribution in [1.82, 2.24) is 14.7 Å². The molecule has 5 atom stereocenters. The molecule has 3 aliphatic heterocycles. The van der Waals surface area contributed by atoms with Gasteiger partial charge in [-0.05, 0) is 32.6 Å². The average Bonchev–Trinajstić information content (AvgIpc) is 3.37. The van der Waals surface area contributed by atoms with Crippen molar-refractivity contribution in [2.45, 2.75) is 70.1 Å². The van der Waals surface area contributed by atoms with E-state index in [0.717, 1.165) is 19.3 Å². The maximum Gasteiger partial charge on any atom is 0.248 e. The van der Waals surface area contributed by atoms with Crippen molar-refractivity contribution in [1.29, 1.82) is 0 Å². The molecule has 0 saturated carbocycles. The highest BCUT2D eigenvalue weighted by Crippen LogP contribution is 2.63. The SMILES string of the molecule is C=CCN(CCCC)C(=O)C1N(CCO)C(=O)[C@@H]2[C@H](C(=O)N(CC=C)CCC)[C@]3(C)CCC12O3. The minimum atomic E-state index is -1.06. The minimum Gasteiger partial charge on any atom is -0.395 e. The standard InChI is InChI=1S/C26H41N3O5/c1-6-10-16-28(15-9-4)24(33)21-26-12-11-25(5,34-26)19(20(26)23(32)29(21)17-18-30)22(31)27(13-7-2)14-8-3/h7,9,19-21,30H,2,4,6,8,10-18H2,1,3,5H3/t19-,20+,21?,25+,26?/m1/s1. The lowest BCUT2D eigenvalue weighted by atomic mass is 9.66. The van der Waals surface area contributed by atoms with Crippen LogP contribution in [0.5, 0.6) is 0 Å². The summed E-state index contributed by atoms with van der Waals surface area (Å²) < 4.78 is 6.63. The number of aliphatic hydroxyl groups is 1. The first-order valence-electron chi connectivity index (χ1n) is 12.7. The molecular weight excluding hydrogens is 434 g/mol. The Labute approximate surface area is 203 Å². The number of amides is 3. The molecule has 0 radical (unpaired) electrons. The zero-order valence-electron chi connectivity index (χ0n) is 21.0. The van der Waals surface area contributed by atoms with E-state index in [2.05, 4.69) is 20.1 Å². The molecule has 2 bridgehead atoms. The molecule has 0 aliphatic carbocycles. The minimum absolute atomic E-state index is 0.0372. The molecule has 3 rings (SSSR count). The Hall–Kier alpha value is -2.19. The van der Waals surface area contributed by atoms with Gasteiger partial charge < -0.3 is 24.5 Å². The molecular formula is C26H41N3O5. The molecule has 3 aliphatic rings. The van der Waals surface area contributed by atoms with Crippen LogP contribution in [0.1, 0.15) is 52.9 Å². The fourth-order valence-corrected chi connectivity index (χ4v) is 6.31. The number of fused-ring (bicyclic) bond motifs is 1. The molecule has 2 unspecified atom stereocenters. The maximum atomic E-state index is 13.9. The molecule has 0 aromatic carbocycles. The third kappa shape index (κ3) is 4.19. The van der Waals surface area contributed by atoms with E-state index in [-0.39, 0.29) is 30.9 Å². The van der Waals surface area contributed by atoms with Crippen molar-refractivity contribution < 1.29 is 24.2 Å². The fourth-order valence-electron chi connectivity index (χ4n) is 6.31. The second-order valence-electron chi connectivity index (χ2n) is 9.98. The van der Waals surface area contributed by atoms with Gasteiger partial charge in [0.1, 0.15) is 11.6 Å². The summed E-state index contributed by atoms with van der Waals surface area (Å²) >= 11 is 0. The number of carbonyl (C=O) groups excluding carboxylic acids is 3. The summed E-state index contributed by atoms with van der Waals surface area (Å²) in [7, 11) is 0. The molecule has 34 heavy (non-hydrogen) atoms. The normalized spacial score (nSPS) is 31.5. The van der Waals surface area contributed by atoms with Crippen molar-refractivity contribution in [3.63, 3.8) is 0 Å². The van der Waals surface area contributed by atoms with Crippen LogP contribution in [0.15, 0.2) is 25.3 Å². The Kier molecular flexibility index (Phi) is 8.24. The molecule has 3 amide bonds. The summed E-state index contributed by atoms with van der Waals surface area (Å²) in [6.45, 7) is 15.2. The van der Waals surface area contributed by atoms with Gasteiger partial charge in [-0.3, -0.25) is 14.4 Å². The van der Waals surface area contributed by atoms with Gasteiger partial charge >= 0.3 is 0 Å². The van der Waals surface area contributed by atoms with E-state index in [9.17, 15) is 19.5 Å². The molecule has 1 spiro atoms. The molecule has 3 saturated heterocycles. The van der Waals surface area contributed by atoms with Gasteiger partial charge in [0.2, 0.25) is 17.7 Å². The number of β-amino-alcohol motifs (C(OH)–C–C–N with tert-alkyl or cyclic N) is 1. The molecule has 8 nitrogen and oxygen atoms in total. The maximum absolute atomic E-state index is 13.9. The lowest BCUT2D eigenvalue weighted by Gasteiger charge is -2.36. The Morgan fingerprint density at radius 2 is 1.76 bits per heavy atom. The number of likely N-dealkylation sites (tertiary alicyclic amines) is 1. The Morgan fingerprint density at radius 1 is 1.12 bits per heavy atom. The predicted molar refractivity (Wildman–Crippen MR) is 130 cm³/mol. The van der Waals surface area contributed by atoms with Crippen molar-refractivity contribution >= 4 is 17.7 Å². The molecule has 3 heterocycles. The van der Waals surface area contributed by atoms with Gasteiger partial charge in [-0.15, -0.1) is 13.2 Å². The van der Waals surface area contributed by atoms with Gasteiger partial charge in [0.25, 0.3) is 0 Å². The number of hydrogen-bond acceptors (Lipinski definition) is 5. The lowest BCUT2D eigenvalue weighted by Crippen LogP contribution is -2.56. The first-order valence-corrected chi connectivity index (χ1v) is 12.7. The second kappa shape index (κ2) is 10.6. The summed E-state index contributed by atoms with van der Waals surface area (Å²) in [6, 6.07) is -0.854. The summed E-state index contributed by atoms with van der Waals surface area (Å²) in [5.74, 6) is -1.97. The zero-order chi connectivity index (χ0) is 25.1. The van der Waals surface area contributed by atoms with Crippen LogP contribution in [0.3, 0.4) is 0 Å². The summed E-state index contributed by atoms with van der Waals surface area (Å²) in [6.07, 6.45) is 7.08. The van der Waals surface area contributed by atoms with Crippen molar-refractivity contribution in [3.8, 4) is 0 Å². The number of unbranched alkanes of at least 4 members (excludes halogenated alkanes) is 1. The van der Waals surface area contributed by atoms with Crippen molar-refractivity contribution in [3.05, 3.63) is 25.3 Å². The Bertz CT molecular complexity index is 816. The number of carbonyl (C=O) groups is 3. The number of aliphatic hydroxyl groups excluding tert-OH is 1. The molecule has 0 aromatic rings. The van der Waals surface area contributed by atoms with Crippen molar-refractivity contribution in [2.75, 3.05) is 39.3 Å². The van der Waals surface area contributed by atoms with E-state index >= 15 is 0 Å². The largest absolute Gasteiger partial charge is 0.395 e. The lowest BCUT2D eigenvalue weighted by molar-refractivity contribution is -0.153. The van der Waals surface area contributed by atoms with E-state index in [4.69, 9.17) is 4.74 Å². The number of hydrogen-bond donors (Lipinski definition) is 1. The van der Waals surface area contributed by atoms with Gasteiger partial charge in [0, 0.05) is 32.7 Å².